The van der Waals surface area contributed by atoms with Crippen LogP contribution in [0.4, 0.5) is 11.5 Å². The molecule has 2 aromatic heterocycles. The van der Waals surface area contributed by atoms with Crippen molar-refractivity contribution in [1.29, 1.82) is 0 Å². The molecule has 1 aliphatic heterocycles. The molecule has 118 valence electrons. The van der Waals surface area contributed by atoms with E-state index in [4.69, 9.17) is 4.98 Å². The van der Waals surface area contributed by atoms with Crippen LogP contribution in [0, 0.1) is 13.8 Å². The molecule has 0 saturated carbocycles. The van der Waals surface area contributed by atoms with Crippen LogP contribution in [0.15, 0.2) is 36.4 Å². The number of fused-ring (bicyclic) bond motifs is 1. The van der Waals surface area contributed by atoms with Crippen molar-refractivity contribution in [3.63, 3.8) is 0 Å². The van der Waals surface area contributed by atoms with E-state index in [2.05, 4.69) is 63.1 Å². The lowest BCUT2D eigenvalue weighted by atomic mass is 10.2. The maximum Gasteiger partial charge on any atom is 0.143 e. The second kappa shape index (κ2) is 5.57. The van der Waals surface area contributed by atoms with Crippen LogP contribution in [-0.2, 0) is 0 Å². The zero-order chi connectivity index (χ0) is 15.8. The lowest BCUT2D eigenvalue weighted by Gasteiger charge is -2.37. The van der Waals surface area contributed by atoms with Gasteiger partial charge < -0.3 is 14.8 Å². The van der Waals surface area contributed by atoms with Crippen molar-refractivity contribution >= 4 is 22.5 Å². The molecule has 5 heteroatoms. The lowest BCUT2D eigenvalue weighted by molar-refractivity contribution is 0.648. The molecule has 0 bridgehead atoms. The Morgan fingerprint density at radius 3 is 2.35 bits per heavy atom. The molecule has 0 aliphatic carbocycles. The van der Waals surface area contributed by atoms with Crippen LogP contribution >= 0.6 is 0 Å². The summed E-state index contributed by atoms with van der Waals surface area (Å²) >= 11 is 0. The van der Waals surface area contributed by atoms with Gasteiger partial charge in [0.15, 0.2) is 0 Å². The van der Waals surface area contributed by atoms with Crippen molar-refractivity contribution in [2.75, 3.05) is 36.0 Å². The number of hydrogen-bond acceptors (Lipinski definition) is 4. The molecule has 1 aromatic carbocycles. The highest BCUT2D eigenvalue weighted by molar-refractivity contribution is 5.88. The second-order valence-electron chi connectivity index (χ2n) is 6.12. The molecule has 0 atom stereocenters. The van der Waals surface area contributed by atoms with E-state index in [0.29, 0.717) is 0 Å². The summed E-state index contributed by atoms with van der Waals surface area (Å²) < 4.78 is 0. The van der Waals surface area contributed by atoms with Gasteiger partial charge in [-0.25, -0.2) is 9.97 Å². The number of nitrogens with zero attached hydrogens (tertiary/aromatic N) is 4. The fourth-order valence-corrected chi connectivity index (χ4v) is 3.29. The minimum atomic E-state index is 0.819. The number of rotatable bonds is 2. The van der Waals surface area contributed by atoms with Crippen molar-refractivity contribution in [3.05, 3.63) is 47.9 Å². The van der Waals surface area contributed by atoms with E-state index in [1.54, 1.807) is 0 Å². The molecule has 3 heterocycles. The molecule has 0 spiro atoms. The zero-order valence-corrected chi connectivity index (χ0v) is 13.6. The van der Waals surface area contributed by atoms with E-state index in [1.165, 1.54) is 5.69 Å². The third-order valence-electron chi connectivity index (χ3n) is 4.41. The van der Waals surface area contributed by atoms with Crippen molar-refractivity contribution in [1.82, 2.24) is 15.0 Å². The number of aryl methyl sites for hydroxylation is 2. The first-order valence-corrected chi connectivity index (χ1v) is 8.09. The maximum atomic E-state index is 4.71. The quantitative estimate of drug-likeness (QED) is 0.791. The Hall–Kier alpha value is -2.56. The average molecular weight is 307 g/mol. The van der Waals surface area contributed by atoms with E-state index in [9.17, 15) is 0 Å². The van der Waals surface area contributed by atoms with Gasteiger partial charge in [-0.05, 0) is 32.0 Å². The summed E-state index contributed by atoms with van der Waals surface area (Å²) in [6.45, 7) is 8.00. The summed E-state index contributed by atoms with van der Waals surface area (Å²) in [5, 5.41) is 1.13. The van der Waals surface area contributed by atoms with Gasteiger partial charge in [-0.15, -0.1) is 0 Å². The van der Waals surface area contributed by atoms with E-state index in [1.807, 2.05) is 6.92 Å². The number of para-hydroxylation sites is 1. The van der Waals surface area contributed by atoms with Crippen LogP contribution in [0.1, 0.15) is 11.5 Å². The molecule has 1 aliphatic rings. The summed E-state index contributed by atoms with van der Waals surface area (Å²) in [5.74, 6) is 1.88. The molecule has 3 aromatic rings. The van der Waals surface area contributed by atoms with Crippen LogP contribution in [0.25, 0.3) is 11.0 Å². The Balaban J connectivity index is 1.59. The highest BCUT2D eigenvalue weighted by Gasteiger charge is 2.21. The molecule has 1 saturated heterocycles. The van der Waals surface area contributed by atoms with E-state index >= 15 is 0 Å². The number of benzene rings is 1. The summed E-state index contributed by atoms with van der Waals surface area (Å²) in [6, 6.07) is 12.8. The number of piperazine rings is 1. The van der Waals surface area contributed by atoms with E-state index in [-0.39, 0.29) is 0 Å². The van der Waals surface area contributed by atoms with Gasteiger partial charge in [-0.2, -0.15) is 0 Å². The first-order valence-electron chi connectivity index (χ1n) is 8.09. The summed E-state index contributed by atoms with van der Waals surface area (Å²) in [4.78, 5) is 17.4. The van der Waals surface area contributed by atoms with Gasteiger partial charge >= 0.3 is 0 Å². The van der Waals surface area contributed by atoms with E-state index < -0.39 is 0 Å². The zero-order valence-electron chi connectivity index (χ0n) is 13.6. The molecular formula is C18H21N5. The van der Waals surface area contributed by atoms with Gasteiger partial charge in [-0.1, -0.05) is 18.2 Å². The van der Waals surface area contributed by atoms with Gasteiger partial charge in [-0.3, -0.25) is 0 Å². The standard InChI is InChI=1S/C18H21N5/c1-13-12-16-17(19-13)20-14(2)21-18(16)23-10-8-22(9-11-23)15-6-4-3-5-7-15/h3-7,12H,8-11H2,1-2H3,(H,19,20,21). The predicted molar refractivity (Wildman–Crippen MR) is 94.2 cm³/mol. The Labute approximate surface area is 136 Å². The van der Waals surface area contributed by atoms with Crippen molar-refractivity contribution in [3.8, 4) is 0 Å². The molecule has 1 N–H and O–H groups in total. The minimum Gasteiger partial charge on any atom is -0.368 e. The van der Waals surface area contributed by atoms with Gasteiger partial charge in [0.05, 0.1) is 5.39 Å². The first-order chi connectivity index (χ1) is 11.2. The van der Waals surface area contributed by atoms with Crippen LogP contribution in [0.3, 0.4) is 0 Å². The Bertz CT molecular complexity index is 816. The fraction of sp³-hybridized carbons (Fsp3) is 0.333. The molecule has 0 amide bonds. The molecule has 4 rings (SSSR count). The van der Waals surface area contributed by atoms with Gasteiger partial charge in [0.2, 0.25) is 0 Å². The number of aromatic amines is 1. The van der Waals surface area contributed by atoms with Gasteiger partial charge in [0, 0.05) is 37.6 Å². The third-order valence-corrected chi connectivity index (χ3v) is 4.41. The molecule has 0 unspecified atom stereocenters. The fourth-order valence-electron chi connectivity index (χ4n) is 3.29. The van der Waals surface area contributed by atoms with E-state index in [0.717, 1.165) is 54.5 Å². The summed E-state index contributed by atoms with van der Waals surface area (Å²) in [6.07, 6.45) is 0. The maximum absolute atomic E-state index is 4.71. The Kier molecular flexibility index (Phi) is 3.41. The third kappa shape index (κ3) is 2.63. The number of aromatic nitrogens is 3. The van der Waals surface area contributed by atoms with Crippen LogP contribution < -0.4 is 9.80 Å². The Morgan fingerprint density at radius 2 is 1.61 bits per heavy atom. The van der Waals surface area contributed by atoms with Crippen LogP contribution in [-0.4, -0.2) is 41.1 Å². The molecule has 5 nitrogen and oxygen atoms in total. The number of hydrogen-bond donors (Lipinski definition) is 1. The largest absolute Gasteiger partial charge is 0.368 e. The highest BCUT2D eigenvalue weighted by atomic mass is 15.3. The van der Waals surface area contributed by atoms with Crippen LogP contribution in [0.5, 0.6) is 0 Å². The van der Waals surface area contributed by atoms with Gasteiger partial charge in [0.1, 0.15) is 17.3 Å². The molecule has 1 fully saturated rings. The molecular weight excluding hydrogens is 286 g/mol. The number of H-pyrrole nitrogens is 1. The summed E-state index contributed by atoms with van der Waals surface area (Å²) in [5.41, 5.74) is 3.37. The SMILES string of the molecule is Cc1nc(N2CCN(c3ccccc3)CC2)c2cc(C)[nH]c2n1. The average Bonchev–Trinajstić information content (AvgIpc) is 2.95. The van der Waals surface area contributed by atoms with Crippen molar-refractivity contribution < 1.29 is 0 Å². The Morgan fingerprint density at radius 1 is 0.913 bits per heavy atom. The molecule has 0 radical (unpaired) electrons. The minimum absolute atomic E-state index is 0.819. The molecule has 23 heavy (non-hydrogen) atoms. The monoisotopic (exact) mass is 307 g/mol. The normalized spacial score (nSPS) is 15.4. The second-order valence-corrected chi connectivity index (χ2v) is 6.12. The highest BCUT2D eigenvalue weighted by Crippen LogP contribution is 2.26. The van der Waals surface area contributed by atoms with Gasteiger partial charge in [0.25, 0.3) is 0 Å². The summed E-state index contributed by atoms with van der Waals surface area (Å²) in [7, 11) is 0. The lowest BCUT2D eigenvalue weighted by Crippen LogP contribution is -2.47. The number of nitrogens with one attached hydrogen (secondary N) is 1. The van der Waals surface area contributed by atoms with Crippen LogP contribution in [0.2, 0.25) is 0 Å². The smallest absolute Gasteiger partial charge is 0.143 e. The van der Waals surface area contributed by atoms with Crippen molar-refractivity contribution in [2.24, 2.45) is 0 Å². The number of anilines is 2. The topological polar surface area (TPSA) is 48.1 Å². The predicted octanol–water partition coefficient (Wildman–Crippen LogP) is 2.90. The van der Waals surface area contributed by atoms with Crippen molar-refractivity contribution in [2.45, 2.75) is 13.8 Å². The first kappa shape index (κ1) is 14.1.